The minimum absolute atomic E-state index is 0.0743. The van der Waals surface area contributed by atoms with Gasteiger partial charge in [0.25, 0.3) is 0 Å². The van der Waals surface area contributed by atoms with Crippen molar-refractivity contribution in [1.82, 2.24) is 5.32 Å². The summed E-state index contributed by atoms with van der Waals surface area (Å²) < 4.78 is 4.99. The van der Waals surface area contributed by atoms with Crippen molar-refractivity contribution in [2.45, 2.75) is 6.61 Å². The maximum absolute atomic E-state index is 11.7. The number of carboxylic acid groups (broad SMARTS) is 1. The highest BCUT2D eigenvalue weighted by molar-refractivity contribution is 5.95. The number of carbonyl (C=O) groups is 2. The molecule has 5 nitrogen and oxygen atoms in total. The summed E-state index contributed by atoms with van der Waals surface area (Å²) in [4.78, 5) is 22.9. The van der Waals surface area contributed by atoms with Crippen molar-refractivity contribution in [2.75, 3.05) is 0 Å². The minimum atomic E-state index is -1.24. The zero-order valence-corrected chi connectivity index (χ0v) is 11.7. The van der Waals surface area contributed by atoms with Crippen LogP contribution in [-0.2, 0) is 16.1 Å². The molecular weight excluding hydrogens is 282 g/mol. The fourth-order valence-electron chi connectivity index (χ4n) is 1.74. The SMILES string of the molecule is O=C(N/C(=C/c1ccccc1)C(=O)O)OCc1ccccc1. The number of benzene rings is 2. The third-order valence-electron chi connectivity index (χ3n) is 2.79. The third kappa shape index (κ3) is 4.79. The van der Waals surface area contributed by atoms with E-state index in [9.17, 15) is 9.59 Å². The standard InChI is InChI=1S/C17H15NO4/c19-16(20)15(11-13-7-3-1-4-8-13)18-17(21)22-12-14-9-5-2-6-10-14/h1-11H,12H2,(H,18,21)(H,19,20)/b15-11+. The number of nitrogens with one attached hydrogen (secondary N) is 1. The highest BCUT2D eigenvalue weighted by Crippen LogP contribution is 2.06. The molecule has 0 atom stereocenters. The van der Waals surface area contributed by atoms with Crippen LogP contribution in [0.2, 0.25) is 0 Å². The Morgan fingerprint density at radius 2 is 1.59 bits per heavy atom. The molecule has 0 saturated heterocycles. The Balaban J connectivity index is 1.98. The van der Waals surface area contributed by atoms with Crippen LogP contribution < -0.4 is 5.32 Å². The summed E-state index contributed by atoms with van der Waals surface area (Å²) in [5.41, 5.74) is 1.24. The fraction of sp³-hybridized carbons (Fsp3) is 0.0588. The molecule has 0 unspecified atom stereocenters. The number of carboxylic acids is 1. The average Bonchev–Trinajstić information content (AvgIpc) is 2.54. The second kappa shape index (κ2) is 7.64. The van der Waals surface area contributed by atoms with Gasteiger partial charge < -0.3 is 9.84 Å². The molecule has 22 heavy (non-hydrogen) atoms. The van der Waals surface area contributed by atoms with Gasteiger partial charge in [-0.15, -0.1) is 0 Å². The summed E-state index contributed by atoms with van der Waals surface area (Å²) >= 11 is 0. The van der Waals surface area contributed by atoms with Gasteiger partial charge in [0.1, 0.15) is 12.3 Å². The first-order valence-electron chi connectivity index (χ1n) is 6.63. The molecule has 0 radical (unpaired) electrons. The molecule has 5 heteroatoms. The van der Waals surface area contributed by atoms with Crippen molar-refractivity contribution in [1.29, 1.82) is 0 Å². The van der Waals surface area contributed by atoms with Crippen LogP contribution in [-0.4, -0.2) is 17.2 Å². The van der Waals surface area contributed by atoms with Crippen molar-refractivity contribution in [3.63, 3.8) is 0 Å². The van der Waals surface area contributed by atoms with E-state index >= 15 is 0 Å². The number of alkyl carbamates (subject to hydrolysis) is 1. The predicted molar refractivity (Wildman–Crippen MR) is 81.8 cm³/mol. The van der Waals surface area contributed by atoms with Crippen LogP contribution in [0.1, 0.15) is 11.1 Å². The van der Waals surface area contributed by atoms with Gasteiger partial charge >= 0.3 is 12.1 Å². The molecule has 0 saturated carbocycles. The number of aliphatic carboxylic acids is 1. The molecule has 112 valence electrons. The van der Waals surface area contributed by atoms with Crippen LogP contribution in [0.5, 0.6) is 0 Å². The molecule has 0 bridgehead atoms. The molecule has 0 spiro atoms. The van der Waals surface area contributed by atoms with E-state index in [0.717, 1.165) is 5.56 Å². The number of hydrogen-bond acceptors (Lipinski definition) is 3. The van der Waals surface area contributed by atoms with Gasteiger partial charge in [0.05, 0.1) is 0 Å². The molecule has 1 amide bonds. The molecule has 0 fully saturated rings. The third-order valence-corrected chi connectivity index (χ3v) is 2.79. The lowest BCUT2D eigenvalue weighted by atomic mass is 10.2. The van der Waals surface area contributed by atoms with E-state index in [-0.39, 0.29) is 12.3 Å². The lowest BCUT2D eigenvalue weighted by Crippen LogP contribution is -2.27. The first-order valence-corrected chi connectivity index (χ1v) is 6.63. The second-order valence-corrected chi connectivity index (χ2v) is 4.46. The number of ether oxygens (including phenoxy) is 1. The Kier molecular flexibility index (Phi) is 5.31. The fourth-order valence-corrected chi connectivity index (χ4v) is 1.74. The highest BCUT2D eigenvalue weighted by Gasteiger charge is 2.12. The van der Waals surface area contributed by atoms with Crippen LogP contribution >= 0.6 is 0 Å². The summed E-state index contributed by atoms with van der Waals surface area (Å²) in [5.74, 6) is -1.24. The Labute approximate surface area is 127 Å². The molecule has 0 aromatic heterocycles. The molecule has 0 aliphatic carbocycles. The van der Waals surface area contributed by atoms with Crippen molar-refractivity contribution < 1.29 is 19.4 Å². The molecule has 2 N–H and O–H groups in total. The average molecular weight is 297 g/mol. The second-order valence-electron chi connectivity index (χ2n) is 4.46. The van der Waals surface area contributed by atoms with Crippen molar-refractivity contribution >= 4 is 18.1 Å². The number of carbonyl (C=O) groups excluding carboxylic acids is 1. The van der Waals surface area contributed by atoms with Gasteiger partial charge in [0.15, 0.2) is 0 Å². The zero-order valence-electron chi connectivity index (χ0n) is 11.7. The maximum Gasteiger partial charge on any atom is 0.412 e. The van der Waals surface area contributed by atoms with Gasteiger partial charge in [-0.05, 0) is 17.2 Å². The Hall–Kier alpha value is -3.08. The monoisotopic (exact) mass is 297 g/mol. The van der Waals surface area contributed by atoms with Gasteiger partial charge in [0.2, 0.25) is 0 Å². The van der Waals surface area contributed by atoms with Crippen LogP contribution in [0, 0.1) is 0 Å². The van der Waals surface area contributed by atoms with E-state index in [2.05, 4.69) is 5.32 Å². The van der Waals surface area contributed by atoms with Gasteiger partial charge in [-0.2, -0.15) is 0 Å². The highest BCUT2D eigenvalue weighted by atomic mass is 16.5. The van der Waals surface area contributed by atoms with Gasteiger partial charge in [-0.3, -0.25) is 5.32 Å². The predicted octanol–water partition coefficient (Wildman–Crippen LogP) is 3.04. The topological polar surface area (TPSA) is 75.6 Å². The molecular formula is C17H15NO4. The first kappa shape index (κ1) is 15.3. The van der Waals surface area contributed by atoms with Crippen LogP contribution in [0.3, 0.4) is 0 Å². The normalized spacial score (nSPS) is 10.8. The van der Waals surface area contributed by atoms with E-state index < -0.39 is 12.1 Å². The molecule has 2 rings (SSSR count). The number of hydrogen-bond donors (Lipinski definition) is 2. The number of amides is 1. The summed E-state index contributed by atoms with van der Waals surface area (Å²) in [6.07, 6.45) is 0.556. The van der Waals surface area contributed by atoms with Crippen molar-refractivity contribution in [2.24, 2.45) is 0 Å². The summed E-state index contributed by atoms with van der Waals surface area (Å²) in [6, 6.07) is 18.0. The van der Waals surface area contributed by atoms with Gasteiger partial charge in [-0.25, -0.2) is 9.59 Å². The number of rotatable bonds is 5. The molecule has 0 aliphatic heterocycles. The maximum atomic E-state index is 11.7. The first-order chi connectivity index (χ1) is 10.6. The van der Waals surface area contributed by atoms with Crippen molar-refractivity contribution in [3.05, 3.63) is 77.5 Å². The van der Waals surface area contributed by atoms with Crippen LogP contribution in [0.15, 0.2) is 66.4 Å². The van der Waals surface area contributed by atoms with E-state index in [1.54, 1.807) is 24.3 Å². The van der Waals surface area contributed by atoms with E-state index in [0.29, 0.717) is 5.56 Å². The quantitative estimate of drug-likeness (QED) is 0.832. The summed E-state index contributed by atoms with van der Waals surface area (Å²) in [6.45, 7) is 0.0743. The Bertz CT molecular complexity index is 666. The lowest BCUT2D eigenvalue weighted by molar-refractivity contribution is -0.132. The zero-order chi connectivity index (χ0) is 15.8. The summed E-state index contributed by atoms with van der Waals surface area (Å²) in [5, 5.41) is 11.4. The summed E-state index contributed by atoms with van der Waals surface area (Å²) in [7, 11) is 0. The van der Waals surface area contributed by atoms with Crippen LogP contribution in [0.25, 0.3) is 6.08 Å². The lowest BCUT2D eigenvalue weighted by Gasteiger charge is -2.07. The van der Waals surface area contributed by atoms with E-state index in [1.165, 1.54) is 6.08 Å². The smallest absolute Gasteiger partial charge is 0.412 e. The largest absolute Gasteiger partial charge is 0.477 e. The van der Waals surface area contributed by atoms with E-state index in [1.807, 2.05) is 36.4 Å². The van der Waals surface area contributed by atoms with Crippen LogP contribution in [0.4, 0.5) is 4.79 Å². The van der Waals surface area contributed by atoms with Gasteiger partial charge in [0, 0.05) is 0 Å². The molecule has 0 aliphatic rings. The Morgan fingerprint density at radius 3 is 2.18 bits per heavy atom. The minimum Gasteiger partial charge on any atom is -0.477 e. The van der Waals surface area contributed by atoms with Gasteiger partial charge in [-0.1, -0.05) is 60.7 Å². The molecule has 2 aromatic rings. The Morgan fingerprint density at radius 1 is 1.00 bits per heavy atom. The van der Waals surface area contributed by atoms with E-state index in [4.69, 9.17) is 9.84 Å². The van der Waals surface area contributed by atoms with Crippen molar-refractivity contribution in [3.8, 4) is 0 Å². The molecule has 0 heterocycles. The molecule has 2 aromatic carbocycles.